The Bertz CT molecular complexity index is 511. The zero-order valence-corrected chi connectivity index (χ0v) is 11.3. The van der Waals surface area contributed by atoms with Gasteiger partial charge >= 0.3 is 0 Å². The lowest BCUT2D eigenvalue weighted by atomic mass is 9.99. The van der Waals surface area contributed by atoms with E-state index in [-0.39, 0.29) is 18.2 Å². The molecular weight excluding hydrogens is 242 g/mol. The SMILES string of the molecule is CN(C)C(=O)CC(=O)N1CCCc2c(N)cccc21. The van der Waals surface area contributed by atoms with Crippen molar-refractivity contribution in [3.05, 3.63) is 23.8 Å². The molecule has 0 unspecified atom stereocenters. The standard InChI is InChI=1S/C14H19N3O2/c1-16(2)13(18)9-14(19)17-8-4-5-10-11(15)6-3-7-12(10)17/h3,6-7H,4-5,8-9,15H2,1-2H3. The van der Waals surface area contributed by atoms with E-state index in [1.54, 1.807) is 19.0 Å². The number of nitrogens with zero attached hydrogens (tertiary/aromatic N) is 2. The first-order chi connectivity index (χ1) is 9.00. The topological polar surface area (TPSA) is 66.6 Å². The van der Waals surface area contributed by atoms with Gasteiger partial charge in [-0.2, -0.15) is 0 Å². The van der Waals surface area contributed by atoms with E-state index in [4.69, 9.17) is 5.73 Å². The van der Waals surface area contributed by atoms with Crippen LogP contribution in [0.5, 0.6) is 0 Å². The average molecular weight is 261 g/mol. The molecule has 1 aliphatic rings. The van der Waals surface area contributed by atoms with Crippen LogP contribution >= 0.6 is 0 Å². The van der Waals surface area contributed by atoms with Crippen LogP contribution in [0.25, 0.3) is 0 Å². The average Bonchev–Trinajstić information content (AvgIpc) is 2.38. The summed E-state index contributed by atoms with van der Waals surface area (Å²) in [5.74, 6) is -0.341. The summed E-state index contributed by atoms with van der Waals surface area (Å²) >= 11 is 0. The van der Waals surface area contributed by atoms with Crippen molar-refractivity contribution >= 4 is 23.2 Å². The number of carbonyl (C=O) groups is 2. The lowest BCUT2D eigenvalue weighted by Crippen LogP contribution is -2.38. The highest BCUT2D eigenvalue weighted by molar-refractivity contribution is 6.05. The van der Waals surface area contributed by atoms with Gasteiger partial charge in [0.25, 0.3) is 0 Å². The number of nitrogens with two attached hydrogens (primary N) is 1. The van der Waals surface area contributed by atoms with Crippen molar-refractivity contribution < 1.29 is 9.59 Å². The van der Waals surface area contributed by atoms with Crippen LogP contribution in [0.1, 0.15) is 18.4 Å². The summed E-state index contributed by atoms with van der Waals surface area (Å²) in [5, 5.41) is 0. The molecular formula is C14H19N3O2. The Morgan fingerprint density at radius 1 is 1.37 bits per heavy atom. The molecule has 1 aliphatic heterocycles. The van der Waals surface area contributed by atoms with Gasteiger partial charge in [-0.25, -0.2) is 0 Å². The zero-order valence-electron chi connectivity index (χ0n) is 11.3. The number of hydrogen-bond donors (Lipinski definition) is 1. The highest BCUT2D eigenvalue weighted by Crippen LogP contribution is 2.31. The number of carbonyl (C=O) groups excluding carboxylic acids is 2. The molecule has 1 aromatic carbocycles. The van der Waals surface area contributed by atoms with Crippen LogP contribution < -0.4 is 10.6 Å². The Balaban J connectivity index is 2.22. The minimum atomic E-state index is -0.180. The summed E-state index contributed by atoms with van der Waals surface area (Å²) in [6, 6.07) is 5.58. The lowest BCUT2D eigenvalue weighted by Gasteiger charge is -2.30. The molecule has 0 saturated heterocycles. The summed E-state index contributed by atoms with van der Waals surface area (Å²) in [6.07, 6.45) is 1.66. The Kier molecular flexibility index (Phi) is 3.74. The van der Waals surface area contributed by atoms with E-state index in [1.807, 2.05) is 18.2 Å². The Labute approximate surface area is 113 Å². The molecule has 5 heteroatoms. The maximum absolute atomic E-state index is 12.2. The molecule has 0 saturated carbocycles. The number of amides is 2. The number of benzene rings is 1. The molecule has 0 radical (unpaired) electrons. The first-order valence-corrected chi connectivity index (χ1v) is 6.38. The molecule has 0 atom stereocenters. The first kappa shape index (κ1) is 13.4. The monoisotopic (exact) mass is 261 g/mol. The zero-order chi connectivity index (χ0) is 14.0. The molecule has 102 valence electrons. The van der Waals surface area contributed by atoms with E-state index >= 15 is 0 Å². The minimum Gasteiger partial charge on any atom is -0.398 e. The maximum atomic E-state index is 12.2. The maximum Gasteiger partial charge on any atom is 0.236 e. The van der Waals surface area contributed by atoms with Gasteiger partial charge in [0.05, 0.1) is 0 Å². The number of nitrogen functional groups attached to an aromatic ring is 1. The number of hydrogen-bond acceptors (Lipinski definition) is 3. The molecule has 2 N–H and O–H groups in total. The van der Waals surface area contributed by atoms with Crippen LogP contribution in [0, 0.1) is 0 Å². The van der Waals surface area contributed by atoms with Gasteiger partial charge in [0, 0.05) is 32.0 Å². The quantitative estimate of drug-likeness (QED) is 0.638. The van der Waals surface area contributed by atoms with E-state index in [0.29, 0.717) is 12.2 Å². The Hall–Kier alpha value is -2.04. The van der Waals surface area contributed by atoms with Crippen molar-refractivity contribution in [1.82, 2.24) is 4.90 Å². The molecule has 2 rings (SSSR count). The Morgan fingerprint density at radius 3 is 2.79 bits per heavy atom. The van der Waals surface area contributed by atoms with E-state index < -0.39 is 0 Å². The van der Waals surface area contributed by atoms with Crippen LogP contribution in [0.15, 0.2) is 18.2 Å². The third-order valence-electron chi connectivity index (χ3n) is 3.39. The predicted octanol–water partition coefficient (Wildman–Crippen LogP) is 1.03. The van der Waals surface area contributed by atoms with Crippen LogP contribution in [0.4, 0.5) is 11.4 Å². The minimum absolute atomic E-state index is 0.0960. The van der Waals surface area contributed by atoms with E-state index in [9.17, 15) is 9.59 Å². The van der Waals surface area contributed by atoms with Crippen LogP contribution in [-0.4, -0.2) is 37.4 Å². The van der Waals surface area contributed by atoms with E-state index in [0.717, 1.165) is 24.1 Å². The van der Waals surface area contributed by atoms with Gasteiger partial charge in [0.1, 0.15) is 6.42 Å². The van der Waals surface area contributed by atoms with Crippen molar-refractivity contribution in [2.24, 2.45) is 0 Å². The normalized spacial score (nSPS) is 13.9. The molecule has 0 aromatic heterocycles. The largest absolute Gasteiger partial charge is 0.398 e. The molecule has 0 aliphatic carbocycles. The third-order valence-corrected chi connectivity index (χ3v) is 3.39. The van der Waals surface area contributed by atoms with Crippen molar-refractivity contribution in [2.45, 2.75) is 19.3 Å². The molecule has 2 amide bonds. The fourth-order valence-electron chi connectivity index (χ4n) is 2.29. The van der Waals surface area contributed by atoms with Crippen LogP contribution in [0.3, 0.4) is 0 Å². The first-order valence-electron chi connectivity index (χ1n) is 6.38. The fraction of sp³-hybridized carbons (Fsp3) is 0.429. The van der Waals surface area contributed by atoms with Crippen LogP contribution in [0.2, 0.25) is 0 Å². The van der Waals surface area contributed by atoms with Gasteiger partial charge < -0.3 is 15.5 Å². The van der Waals surface area contributed by atoms with Crippen LogP contribution in [-0.2, 0) is 16.0 Å². The number of fused-ring (bicyclic) bond motifs is 1. The smallest absolute Gasteiger partial charge is 0.236 e. The van der Waals surface area contributed by atoms with Crippen molar-refractivity contribution in [3.8, 4) is 0 Å². The highest BCUT2D eigenvalue weighted by Gasteiger charge is 2.25. The molecule has 0 bridgehead atoms. The molecule has 5 nitrogen and oxygen atoms in total. The van der Waals surface area contributed by atoms with Crippen molar-refractivity contribution in [1.29, 1.82) is 0 Å². The molecule has 1 heterocycles. The molecule has 19 heavy (non-hydrogen) atoms. The van der Waals surface area contributed by atoms with Gasteiger partial charge in [0.15, 0.2) is 0 Å². The second kappa shape index (κ2) is 5.30. The lowest BCUT2D eigenvalue weighted by molar-refractivity contribution is -0.133. The molecule has 0 fully saturated rings. The third kappa shape index (κ3) is 2.70. The molecule has 1 aromatic rings. The Morgan fingerprint density at radius 2 is 2.11 bits per heavy atom. The van der Waals surface area contributed by atoms with Gasteiger partial charge in [-0.3, -0.25) is 9.59 Å². The predicted molar refractivity (Wildman–Crippen MR) is 74.8 cm³/mol. The van der Waals surface area contributed by atoms with Gasteiger partial charge in [-0.1, -0.05) is 6.07 Å². The number of anilines is 2. The van der Waals surface area contributed by atoms with Gasteiger partial charge in [0.2, 0.25) is 11.8 Å². The van der Waals surface area contributed by atoms with Gasteiger partial charge in [-0.05, 0) is 30.5 Å². The van der Waals surface area contributed by atoms with Crippen molar-refractivity contribution in [2.75, 3.05) is 31.3 Å². The second-order valence-corrected chi connectivity index (χ2v) is 4.96. The van der Waals surface area contributed by atoms with Crippen molar-refractivity contribution in [3.63, 3.8) is 0 Å². The van der Waals surface area contributed by atoms with E-state index in [2.05, 4.69) is 0 Å². The van der Waals surface area contributed by atoms with Gasteiger partial charge in [-0.15, -0.1) is 0 Å². The summed E-state index contributed by atoms with van der Waals surface area (Å²) < 4.78 is 0. The summed E-state index contributed by atoms with van der Waals surface area (Å²) in [4.78, 5) is 27.0. The highest BCUT2D eigenvalue weighted by atomic mass is 16.2. The second-order valence-electron chi connectivity index (χ2n) is 4.96. The number of rotatable bonds is 2. The summed E-state index contributed by atoms with van der Waals surface area (Å²) in [7, 11) is 3.30. The fourth-order valence-corrected chi connectivity index (χ4v) is 2.29. The summed E-state index contributed by atoms with van der Waals surface area (Å²) in [6.45, 7) is 0.649. The summed E-state index contributed by atoms with van der Waals surface area (Å²) in [5.41, 5.74) is 8.52. The molecule has 0 spiro atoms. The van der Waals surface area contributed by atoms with E-state index in [1.165, 1.54) is 4.90 Å².